The van der Waals surface area contributed by atoms with Gasteiger partial charge in [0.2, 0.25) is 10.0 Å². The van der Waals surface area contributed by atoms with Crippen LogP contribution in [0, 0.1) is 11.8 Å². The SMILES string of the molecule is CCCCN(C1CC1)S(=O)(=O)c1cccc(C#CCN)c1. The lowest BCUT2D eigenvalue weighted by Crippen LogP contribution is -2.34. The molecule has 0 amide bonds. The van der Waals surface area contributed by atoms with E-state index in [-0.39, 0.29) is 12.6 Å². The van der Waals surface area contributed by atoms with E-state index in [4.69, 9.17) is 5.73 Å². The van der Waals surface area contributed by atoms with Crippen LogP contribution in [0.5, 0.6) is 0 Å². The van der Waals surface area contributed by atoms with Gasteiger partial charge in [0.05, 0.1) is 11.4 Å². The van der Waals surface area contributed by atoms with Gasteiger partial charge in [-0.1, -0.05) is 31.3 Å². The van der Waals surface area contributed by atoms with Crippen molar-refractivity contribution in [3.05, 3.63) is 29.8 Å². The van der Waals surface area contributed by atoms with E-state index in [1.54, 1.807) is 28.6 Å². The van der Waals surface area contributed by atoms with E-state index < -0.39 is 10.0 Å². The van der Waals surface area contributed by atoms with E-state index in [2.05, 4.69) is 18.8 Å². The quantitative estimate of drug-likeness (QED) is 0.817. The average molecular weight is 306 g/mol. The molecule has 0 heterocycles. The number of hydrogen-bond donors (Lipinski definition) is 1. The van der Waals surface area contributed by atoms with Crippen molar-refractivity contribution >= 4 is 10.0 Å². The van der Waals surface area contributed by atoms with Crippen molar-refractivity contribution < 1.29 is 8.42 Å². The molecule has 0 aromatic heterocycles. The van der Waals surface area contributed by atoms with Crippen LogP contribution < -0.4 is 5.73 Å². The van der Waals surface area contributed by atoms with Gasteiger partial charge >= 0.3 is 0 Å². The normalized spacial score (nSPS) is 14.8. The molecule has 21 heavy (non-hydrogen) atoms. The molecule has 0 atom stereocenters. The minimum absolute atomic E-state index is 0.181. The largest absolute Gasteiger partial charge is 0.320 e. The van der Waals surface area contributed by atoms with E-state index in [1.165, 1.54) is 0 Å². The molecule has 1 saturated carbocycles. The van der Waals surface area contributed by atoms with Crippen LogP contribution in [0.1, 0.15) is 38.2 Å². The summed E-state index contributed by atoms with van der Waals surface area (Å²) in [5, 5.41) is 0. The second kappa shape index (κ2) is 7.08. The fourth-order valence-electron chi connectivity index (χ4n) is 2.20. The second-order valence-corrected chi connectivity index (χ2v) is 7.12. The Balaban J connectivity index is 2.28. The van der Waals surface area contributed by atoms with Crippen LogP contribution in [0.15, 0.2) is 29.2 Å². The highest BCUT2D eigenvalue weighted by atomic mass is 32.2. The lowest BCUT2D eigenvalue weighted by atomic mass is 10.2. The Kier molecular flexibility index (Phi) is 5.40. The molecule has 114 valence electrons. The predicted octanol–water partition coefficient (Wildman–Crippen LogP) is 1.95. The molecule has 5 heteroatoms. The Morgan fingerprint density at radius 3 is 2.76 bits per heavy atom. The van der Waals surface area contributed by atoms with Gasteiger partial charge in [0.15, 0.2) is 0 Å². The summed E-state index contributed by atoms with van der Waals surface area (Å²) in [6.07, 6.45) is 3.81. The number of benzene rings is 1. The summed E-state index contributed by atoms with van der Waals surface area (Å²) in [7, 11) is -3.42. The van der Waals surface area contributed by atoms with Crippen molar-refractivity contribution in [1.29, 1.82) is 0 Å². The molecule has 1 aliphatic carbocycles. The van der Waals surface area contributed by atoms with Crippen LogP contribution in [-0.4, -0.2) is 31.9 Å². The fourth-order valence-corrected chi connectivity index (χ4v) is 3.97. The maximum Gasteiger partial charge on any atom is 0.243 e. The standard InChI is InChI=1S/C16H22N2O2S/c1-2-3-12-18(15-9-10-15)21(19,20)16-8-4-6-14(13-16)7-5-11-17/h4,6,8,13,15H,2-3,9-12,17H2,1H3. The van der Waals surface area contributed by atoms with Gasteiger partial charge in [0.25, 0.3) is 0 Å². The van der Waals surface area contributed by atoms with E-state index in [1.807, 2.05) is 0 Å². The van der Waals surface area contributed by atoms with E-state index in [0.717, 1.165) is 25.7 Å². The van der Waals surface area contributed by atoms with Crippen LogP contribution in [0.2, 0.25) is 0 Å². The van der Waals surface area contributed by atoms with E-state index in [0.29, 0.717) is 17.0 Å². The predicted molar refractivity (Wildman–Crippen MR) is 84.2 cm³/mol. The summed E-state index contributed by atoms with van der Waals surface area (Å²) in [4.78, 5) is 0.328. The molecule has 1 fully saturated rings. The highest BCUT2D eigenvalue weighted by Gasteiger charge is 2.37. The maximum atomic E-state index is 12.8. The number of unbranched alkanes of at least 4 members (excludes halogenated alkanes) is 1. The summed E-state index contributed by atoms with van der Waals surface area (Å²) in [6, 6.07) is 7.00. The first-order chi connectivity index (χ1) is 10.1. The van der Waals surface area contributed by atoms with Crippen LogP contribution in [0.25, 0.3) is 0 Å². The van der Waals surface area contributed by atoms with Crippen molar-refractivity contribution in [3.8, 4) is 11.8 Å². The van der Waals surface area contributed by atoms with Gasteiger partial charge in [0.1, 0.15) is 0 Å². The van der Waals surface area contributed by atoms with Gasteiger partial charge in [-0.2, -0.15) is 4.31 Å². The first-order valence-electron chi connectivity index (χ1n) is 7.40. The molecule has 2 rings (SSSR count). The zero-order valence-corrected chi connectivity index (χ0v) is 13.2. The van der Waals surface area contributed by atoms with Gasteiger partial charge in [0, 0.05) is 18.2 Å². The summed E-state index contributed by atoms with van der Waals surface area (Å²) in [6.45, 7) is 2.94. The highest BCUT2D eigenvalue weighted by Crippen LogP contribution is 2.32. The first-order valence-corrected chi connectivity index (χ1v) is 8.84. The van der Waals surface area contributed by atoms with E-state index >= 15 is 0 Å². The fraction of sp³-hybridized carbons (Fsp3) is 0.500. The third kappa shape index (κ3) is 4.07. The Morgan fingerprint density at radius 1 is 1.38 bits per heavy atom. The summed E-state index contributed by atoms with van der Waals surface area (Å²) in [5.41, 5.74) is 6.04. The van der Waals surface area contributed by atoms with Gasteiger partial charge in [-0.05, 0) is 37.5 Å². The minimum atomic E-state index is -3.42. The molecule has 2 N–H and O–H groups in total. The number of nitrogens with zero attached hydrogens (tertiary/aromatic N) is 1. The highest BCUT2D eigenvalue weighted by molar-refractivity contribution is 7.89. The van der Waals surface area contributed by atoms with Crippen molar-refractivity contribution in [2.24, 2.45) is 5.73 Å². The van der Waals surface area contributed by atoms with Crippen LogP contribution in [0.3, 0.4) is 0 Å². The van der Waals surface area contributed by atoms with Crippen LogP contribution in [-0.2, 0) is 10.0 Å². The van der Waals surface area contributed by atoms with Crippen LogP contribution in [0.4, 0.5) is 0 Å². The number of hydrogen-bond acceptors (Lipinski definition) is 3. The third-order valence-electron chi connectivity index (χ3n) is 3.46. The van der Waals surface area contributed by atoms with Gasteiger partial charge in [-0.15, -0.1) is 0 Å². The topological polar surface area (TPSA) is 63.4 Å². The zero-order chi connectivity index (χ0) is 15.3. The summed E-state index contributed by atoms with van der Waals surface area (Å²) < 4.78 is 27.3. The number of rotatable bonds is 6. The molecule has 1 aromatic carbocycles. The molecule has 0 unspecified atom stereocenters. The van der Waals surface area contributed by atoms with Crippen molar-refractivity contribution in [2.45, 2.75) is 43.5 Å². The smallest absolute Gasteiger partial charge is 0.243 e. The molecule has 0 radical (unpaired) electrons. The number of nitrogens with two attached hydrogens (primary N) is 1. The van der Waals surface area contributed by atoms with Crippen LogP contribution >= 0.6 is 0 Å². The molecule has 0 saturated heterocycles. The second-order valence-electron chi connectivity index (χ2n) is 5.23. The average Bonchev–Trinajstić information content (AvgIpc) is 3.30. The van der Waals surface area contributed by atoms with Gasteiger partial charge in [-0.25, -0.2) is 8.42 Å². The first kappa shape index (κ1) is 16.0. The molecule has 1 aliphatic rings. The van der Waals surface area contributed by atoms with Gasteiger partial charge < -0.3 is 5.73 Å². The Bertz CT molecular complexity index is 640. The lowest BCUT2D eigenvalue weighted by molar-refractivity contribution is 0.395. The molecule has 0 spiro atoms. The Morgan fingerprint density at radius 2 is 2.14 bits per heavy atom. The minimum Gasteiger partial charge on any atom is -0.320 e. The van der Waals surface area contributed by atoms with E-state index in [9.17, 15) is 8.42 Å². The summed E-state index contributed by atoms with van der Waals surface area (Å²) >= 11 is 0. The molecular weight excluding hydrogens is 284 g/mol. The number of sulfonamides is 1. The van der Waals surface area contributed by atoms with Crippen molar-refractivity contribution in [2.75, 3.05) is 13.1 Å². The molecule has 1 aromatic rings. The molecule has 4 nitrogen and oxygen atoms in total. The molecular formula is C16H22N2O2S. The lowest BCUT2D eigenvalue weighted by Gasteiger charge is -2.21. The Hall–Kier alpha value is -1.35. The summed E-state index contributed by atoms with van der Waals surface area (Å²) in [5.74, 6) is 5.64. The molecule has 0 bridgehead atoms. The Labute approximate surface area is 127 Å². The maximum absolute atomic E-state index is 12.8. The monoisotopic (exact) mass is 306 g/mol. The van der Waals surface area contributed by atoms with Crippen molar-refractivity contribution in [1.82, 2.24) is 4.31 Å². The molecule has 0 aliphatic heterocycles. The van der Waals surface area contributed by atoms with Crippen molar-refractivity contribution in [3.63, 3.8) is 0 Å². The van der Waals surface area contributed by atoms with Gasteiger partial charge in [-0.3, -0.25) is 0 Å². The zero-order valence-electron chi connectivity index (χ0n) is 12.4. The third-order valence-corrected chi connectivity index (χ3v) is 5.41.